The Morgan fingerprint density at radius 2 is 1.72 bits per heavy atom. The van der Waals surface area contributed by atoms with Gasteiger partial charge in [0.05, 0.1) is 11.2 Å². The van der Waals surface area contributed by atoms with Gasteiger partial charge >= 0.3 is 0 Å². The quantitative estimate of drug-likeness (QED) is 0.822. The topological polar surface area (TPSA) is 38.5 Å². The van der Waals surface area contributed by atoms with Gasteiger partial charge in [0.2, 0.25) is 0 Å². The molecule has 0 aliphatic carbocycles. The Bertz CT molecular complexity index is 274. The van der Waals surface area contributed by atoms with Crippen LogP contribution < -0.4 is 5.73 Å². The van der Waals surface area contributed by atoms with Crippen molar-refractivity contribution >= 4 is 0 Å². The first-order valence-electron chi connectivity index (χ1n) is 7.31. The third-order valence-corrected chi connectivity index (χ3v) is 4.33. The lowest BCUT2D eigenvalue weighted by Gasteiger charge is -2.35. The molecule has 2 unspecified atom stereocenters. The van der Waals surface area contributed by atoms with Crippen LogP contribution in [0.4, 0.5) is 0 Å². The van der Waals surface area contributed by atoms with Gasteiger partial charge in [0.15, 0.2) is 0 Å². The molecule has 0 aromatic carbocycles. The molecule has 1 aliphatic rings. The van der Waals surface area contributed by atoms with Crippen molar-refractivity contribution in [3.05, 3.63) is 0 Å². The van der Waals surface area contributed by atoms with Crippen molar-refractivity contribution in [1.82, 2.24) is 4.90 Å². The van der Waals surface area contributed by atoms with Gasteiger partial charge in [-0.3, -0.25) is 0 Å². The second-order valence-corrected chi connectivity index (χ2v) is 7.03. The maximum Gasteiger partial charge on any atom is 0.0788 e. The summed E-state index contributed by atoms with van der Waals surface area (Å²) in [7, 11) is 0. The summed E-state index contributed by atoms with van der Waals surface area (Å²) < 4.78 is 6.17. The van der Waals surface area contributed by atoms with Crippen molar-refractivity contribution in [3.8, 4) is 0 Å². The molecule has 18 heavy (non-hydrogen) atoms. The van der Waals surface area contributed by atoms with E-state index in [2.05, 4.69) is 53.4 Å². The van der Waals surface area contributed by atoms with E-state index in [4.69, 9.17) is 10.5 Å². The fraction of sp³-hybridized carbons (Fsp3) is 1.00. The van der Waals surface area contributed by atoms with Crippen LogP contribution >= 0.6 is 0 Å². The van der Waals surface area contributed by atoms with Crippen molar-refractivity contribution in [2.75, 3.05) is 13.1 Å². The standard InChI is InChI=1S/C15H32N2O/c1-8-9-17(11(2)3)10-12-13(16)15(6,7)18-14(12,4)5/h11-13H,8-10,16H2,1-7H3. The Kier molecular flexibility index (Phi) is 4.85. The molecule has 2 atom stereocenters. The Labute approximate surface area is 113 Å². The summed E-state index contributed by atoms with van der Waals surface area (Å²) >= 11 is 0. The molecule has 1 saturated heterocycles. The van der Waals surface area contributed by atoms with Crippen LogP contribution in [0.25, 0.3) is 0 Å². The summed E-state index contributed by atoms with van der Waals surface area (Å²) in [5.74, 6) is 0.390. The van der Waals surface area contributed by atoms with Gasteiger partial charge in [-0.05, 0) is 54.5 Å². The minimum Gasteiger partial charge on any atom is -0.368 e. The molecule has 1 rings (SSSR count). The fourth-order valence-corrected chi connectivity index (χ4v) is 3.17. The van der Waals surface area contributed by atoms with Crippen LogP contribution in [0, 0.1) is 5.92 Å². The largest absolute Gasteiger partial charge is 0.368 e. The zero-order valence-corrected chi connectivity index (χ0v) is 13.3. The third kappa shape index (κ3) is 3.25. The second kappa shape index (κ2) is 5.48. The van der Waals surface area contributed by atoms with Gasteiger partial charge in [-0.15, -0.1) is 0 Å². The monoisotopic (exact) mass is 256 g/mol. The molecule has 0 spiro atoms. The van der Waals surface area contributed by atoms with E-state index in [-0.39, 0.29) is 17.2 Å². The van der Waals surface area contributed by atoms with Crippen LogP contribution in [-0.4, -0.2) is 41.3 Å². The van der Waals surface area contributed by atoms with E-state index in [1.807, 2.05) is 0 Å². The zero-order chi connectivity index (χ0) is 14.1. The SMILES string of the molecule is CCCN(CC1C(N)C(C)(C)OC1(C)C)C(C)C. The predicted octanol–water partition coefficient (Wildman–Crippen LogP) is 2.64. The van der Waals surface area contributed by atoms with Crippen LogP contribution in [0.2, 0.25) is 0 Å². The van der Waals surface area contributed by atoms with Crippen molar-refractivity contribution in [2.24, 2.45) is 11.7 Å². The lowest BCUT2D eigenvalue weighted by atomic mass is 9.82. The molecule has 2 N–H and O–H groups in total. The number of rotatable bonds is 5. The molecule has 0 amide bonds. The summed E-state index contributed by atoms with van der Waals surface area (Å²) in [6.45, 7) is 17.5. The minimum atomic E-state index is -0.219. The maximum absolute atomic E-state index is 6.43. The molecule has 0 aromatic rings. The van der Waals surface area contributed by atoms with Crippen LogP contribution in [0.1, 0.15) is 54.9 Å². The smallest absolute Gasteiger partial charge is 0.0788 e. The molecule has 3 heteroatoms. The zero-order valence-electron chi connectivity index (χ0n) is 13.3. The molecule has 3 nitrogen and oxygen atoms in total. The molecule has 0 bridgehead atoms. The number of nitrogens with two attached hydrogens (primary N) is 1. The van der Waals surface area contributed by atoms with Crippen LogP contribution in [0.15, 0.2) is 0 Å². The van der Waals surface area contributed by atoms with Gasteiger partial charge in [-0.25, -0.2) is 0 Å². The molecular weight excluding hydrogens is 224 g/mol. The van der Waals surface area contributed by atoms with Crippen LogP contribution in [0.5, 0.6) is 0 Å². The van der Waals surface area contributed by atoms with Crippen LogP contribution in [-0.2, 0) is 4.74 Å². The highest BCUT2D eigenvalue weighted by molar-refractivity contribution is 5.04. The van der Waals surface area contributed by atoms with Gasteiger partial charge in [0.25, 0.3) is 0 Å². The van der Waals surface area contributed by atoms with Gasteiger partial charge in [0.1, 0.15) is 0 Å². The highest BCUT2D eigenvalue weighted by Crippen LogP contribution is 2.41. The number of hydrogen-bond acceptors (Lipinski definition) is 3. The molecule has 1 heterocycles. The van der Waals surface area contributed by atoms with E-state index in [1.54, 1.807) is 0 Å². The van der Waals surface area contributed by atoms with E-state index in [1.165, 1.54) is 6.42 Å². The number of hydrogen-bond donors (Lipinski definition) is 1. The highest BCUT2D eigenvalue weighted by atomic mass is 16.5. The van der Waals surface area contributed by atoms with Gasteiger partial charge in [-0.2, -0.15) is 0 Å². The van der Waals surface area contributed by atoms with E-state index in [9.17, 15) is 0 Å². The van der Waals surface area contributed by atoms with E-state index in [0.717, 1.165) is 13.1 Å². The molecule has 1 fully saturated rings. The van der Waals surface area contributed by atoms with Gasteiger partial charge in [0, 0.05) is 24.5 Å². The lowest BCUT2D eigenvalue weighted by molar-refractivity contribution is -0.0789. The van der Waals surface area contributed by atoms with Crippen LogP contribution in [0.3, 0.4) is 0 Å². The second-order valence-electron chi connectivity index (χ2n) is 7.03. The number of nitrogens with zero attached hydrogens (tertiary/aromatic N) is 1. The summed E-state index contributed by atoms with van der Waals surface area (Å²) in [5.41, 5.74) is 6.07. The van der Waals surface area contributed by atoms with E-state index in [0.29, 0.717) is 12.0 Å². The Morgan fingerprint density at radius 3 is 2.06 bits per heavy atom. The highest BCUT2D eigenvalue weighted by Gasteiger charge is 2.52. The van der Waals surface area contributed by atoms with Crippen molar-refractivity contribution in [1.29, 1.82) is 0 Å². The normalized spacial score (nSPS) is 30.3. The third-order valence-electron chi connectivity index (χ3n) is 4.33. The maximum atomic E-state index is 6.43. The minimum absolute atomic E-state index is 0.102. The summed E-state index contributed by atoms with van der Waals surface area (Å²) in [5, 5.41) is 0. The summed E-state index contributed by atoms with van der Waals surface area (Å²) in [4.78, 5) is 2.52. The lowest BCUT2D eigenvalue weighted by Crippen LogP contribution is -2.49. The van der Waals surface area contributed by atoms with Crippen molar-refractivity contribution < 1.29 is 4.74 Å². The first-order valence-corrected chi connectivity index (χ1v) is 7.31. The predicted molar refractivity (Wildman–Crippen MR) is 77.7 cm³/mol. The van der Waals surface area contributed by atoms with Crippen molar-refractivity contribution in [3.63, 3.8) is 0 Å². The molecular formula is C15H32N2O. The summed E-state index contributed by atoms with van der Waals surface area (Å²) in [6.07, 6.45) is 1.19. The number of ether oxygens (including phenoxy) is 1. The Hall–Kier alpha value is -0.120. The van der Waals surface area contributed by atoms with Gasteiger partial charge < -0.3 is 15.4 Å². The molecule has 108 valence electrons. The molecule has 1 aliphatic heterocycles. The Balaban J connectivity index is 2.81. The summed E-state index contributed by atoms with van der Waals surface area (Å²) in [6, 6.07) is 0.669. The first-order chi connectivity index (χ1) is 8.12. The van der Waals surface area contributed by atoms with Crippen molar-refractivity contribution in [2.45, 2.75) is 78.2 Å². The molecule has 0 radical (unpaired) electrons. The van der Waals surface area contributed by atoms with E-state index >= 15 is 0 Å². The average molecular weight is 256 g/mol. The fourth-order valence-electron chi connectivity index (χ4n) is 3.17. The van der Waals surface area contributed by atoms with Gasteiger partial charge in [-0.1, -0.05) is 6.92 Å². The van der Waals surface area contributed by atoms with E-state index < -0.39 is 0 Å². The first kappa shape index (κ1) is 15.9. The molecule has 0 saturated carbocycles. The average Bonchev–Trinajstić information content (AvgIpc) is 2.34. The molecule has 0 aromatic heterocycles. The Morgan fingerprint density at radius 1 is 1.17 bits per heavy atom.